The van der Waals surface area contributed by atoms with Crippen LogP contribution < -0.4 is 5.32 Å². The van der Waals surface area contributed by atoms with Crippen molar-refractivity contribution in [3.8, 4) is 12.3 Å². The van der Waals surface area contributed by atoms with E-state index in [4.69, 9.17) is 6.42 Å². The first-order valence-corrected chi connectivity index (χ1v) is 6.28. The van der Waals surface area contributed by atoms with E-state index >= 15 is 0 Å². The highest BCUT2D eigenvalue weighted by atomic mass is 14.9. The van der Waals surface area contributed by atoms with E-state index in [1.807, 2.05) is 0 Å². The molecule has 0 amide bonds. The summed E-state index contributed by atoms with van der Waals surface area (Å²) in [5.74, 6) is 3.59. The molecule has 0 radical (unpaired) electrons. The SMILES string of the molecule is C#CCC(NCCC)C1CCCC1(C)C. The Morgan fingerprint density at radius 3 is 2.73 bits per heavy atom. The third kappa shape index (κ3) is 3.24. The Kier molecular flexibility index (Phi) is 4.67. The van der Waals surface area contributed by atoms with Gasteiger partial charge in [0.25, 0.3) is 0 Å². The van der Waals surface area contributed by atoms with Crippen molar-refractivity contribution in [2.45, 2.75) is 58.9 Å². The van der Waals surface area contributed by atoms with E-state index in [9.17, 15) is 0 Å². The summed E-state index contributed by atoms with van der Waals surface area (Å²) in [5, 5.41) is 3.63. The Labute approximate surface area is 95.0 Å². The van der Waals surface area contributed by atoms with Crippen LogP contribution in [0.25, 0.3) is 0 Å². The zero-order chi connectivity index (χ0) is 11.3. The summed E-state index contributed by atoms with van der Waals surface area (Å²) >= 11 is 0. The zero-order valence-corrected chi connectivity index (χ0v) is 10.5. The summed E-state index contributed by atoms with van der Waals surface area (Å²) in [4.78, 5) is 0. The summed E-state index contributed by atoms with van der Waals surface area (Å²) in [7, 11) is 0. The molecule has 1 nitrogen and oxygen atoms in total. The fourth-order valence-corrected chi connectivity index (χ4v) is 2.91. The molecule has 1 rings (SSSR count). The molecule has 0 aromatic rings. The first-order valence-electron chi connectivity index (χ1n) is 6.28. The molecule has 1 aliphatic rings. The van der Waals surface area contributed by atoms with E-state index in [1.54, 1.807) is 0 Å². The Balaban J connectivity index is 2.58. The molecule has 2 unspecified atom stereocenters. The van der Waals surface area contributed by atoms with Crippen molar-refractivity contribution in [2.75, 3.05) is 6.54 Å². The van der Waals surface area contributed by atoms with Gasteiger partial charge in [-0.1, -0.05) is 27.2 Å². The summed E-state index contributed by atoms with van der Waals surface area (Å²) in [6, 6.07) is 0.535. The molecule has 1 heteroatoms. The van der Waals surface area contributed by atoms with Crippen LogP contribution in [0.1, 0.15) is 52.9 Å². The molecule has 1 saturated carbocycles. The van der Waals surface area contributed by atoms with Gasteiger partial charge in [0.05, 0.1) is 0 Å². The molecule has 0 aromatic carbocycles. The van der Waals surface area contributed by atoms with Crippen LogP contribution in [0.3, 0.4) is 0 Å². The largest absolute Gasteiger partial charge is 0.313 e. The summed E-state index contributed by atoms with van der Waals surface area (Å²) in [5.41, 5.74) is 0.474. The lowest BCUT2D eigenvalue weighted by molar-refractivity contribution is 0.198. The Morgan fingerprint density at radius 1 is 1.53 bits per heavy atom. The van der Waals surface area contributed by atoms with Crippen LogP contribution in [0.4, 0.5) is 0 Å². The average Bonchev–Trinajstić information content (AvgIpc) is 2.53. The van der Waals surface area contributed by atoms with Crippen LogP contribution in [-0.2, 0) is 0 Å². The molecule has 0 spiro atoms. The van der Waals surface area contributed by atoms with E-state index < -0.39 is 0 Å². The quantitative estimate of drug-likeness (QED) is 0.683. The highest BCUT2D eigenvalue weighted by molar-refractivity contribution is 4.98. The molecular formula is C14H25N. The van der Waals surface area contributed by atoms with Crippen molar-refractivity contribution >= 4 is 0 Å². The highest BCUT2D eigenvalue weighted by Crippen LogP contribution is 2.44. The van der Waals surface area contributed by atoms with Gasteiger partial charge >= 0.3 is 0 Å². The van der Waals surface area contributed by atoms with Crippen LogP contribution in [0, 0.1) is 23.7 Å². The number of hydrogen-bond donors (Lipinski definition) is 1. The fourth-order valence-electron chi connectivity index (χ4n) is 2.91. The van der Waals surface area contributed by atoms with Crippen molar-refractivity contribution in [3.05, 3.63) is 0 Å². The van der Waals surface area contributed by atoms with Gasteiger partial charge in [0.15, 0.2) is 0 Å². The second-order valence-corrected chi connectivity index (χ2v) is 5.46. The zero-order valence-electron chi connectivity index (χ0n) is 10.5. The molecule has 1 aliphatic carbocycles. The number of hydrogen-bond acceptors (Lipinski definition) is 1. The molecule has 15 heavy (non-hydrogen) atoms. The molecule has 1 fully saturated rings. The third-order valence-corrected chi connectivity index (χ3v) is 3.82. The van der Waals surface area contributed by atoms with Crippen LogP contribution in [0.5, 0.6) is 0 Å². The number of terminal acetylenes is 1. The number of rotatable bonds is 5. The van der Waals surface area contributed by atoms with Gasteiger partial charge in [0.1, 0.15) is 0 Å². The van der Waals surface area contributed by atoms with Gasteiger partial charge in [-0.3, -0.25) is 0 Å². The summed E-state index contributed by atoms with van der Waals surface area (Å²) in [6.45, 7) is 8.09. The normalized spacial score (nSPS) is 26.1. The first-order chi connectivity index (χ1) is 7.11. The van der Waals surface area contributed by atoms with Crippen molar-refractivity contribution in [1.29, 1.82) is 0 Å². The van der Waals surface area contributed by atoms with E-state index in [-0.39, 0.29) is 0 Å². The molecule has 1 N–H and O–H groups in total. The molecule has 0 aromatic heterocycles. The molecule has 86 valence electrons. The van der Waals surface area contributed by atoms with Crippen molar-refractivity contribution < 1.29 is 0 Å². The maximum absolute atomic E-state index is 5.47. The first kappa shape index (κ1) is 12.6. The highest BCUT2D eigenvalue weighted by Gasteiger charge is 2.38. The van der Waals surface area contributed by atoms with Crippen LogP contribution in [0.15, 0.2) is 0 Å². The van der Waals surface area contributed by atoms with Gasteiger partial charge in [-0.05, 0) is 37.1 Å². The fraction of sp³-hybridized carbons (Fsp3) is 0.857. The third-order valence-electron chi connectivity index (χ3n) is 3.82. The molecule has 0 saturated heterocycles. The lowest BCUT2D eigenvalue weighted by Crippen LogP contribution is -2.40. The smallest absolute Gasteiger partial charge is 0.0243 e. The van der Waals surface area contributed by atoms with Gasteiger partial charge in [0.2, 0.25) is 0 Å². The molecule has 0 heterocycles. The average molecular weight is 207 g/mol. The lowest BCUT2D eigenvalue weighted by atomic mass is 9.76. The minimum absolute atomic E-state index is 0.474. The van der Waals surface area contributed by atoms with Crippen LogP contribution in [-0.4, -0.2) is 12.6 Å². The van der Waals surface area contributed by atoms with Crippen molar-refractivity contribution in [2.24, 2.45) is 11.3 Å². The standard InChI is InChI=1S/C14H25N/c1-5-8-13(15-11-6-2)12-9-7-10-14(12,3)4/h1,12-13,15H,6-11H2,2-4H3. The van der Waals surface area contributed by atoms with Gasteiger partial charge < -0.3 is 5.32 Å². The van der Waals surface area contributed by atoms with Crippen molar-refractivity contribution in [3.63, 3.8) is 0 Å². The monoisotopic (exact) mass is 207 g/mol. The Morgan fingerprint density at radius 2 is 2.27 bits per heavy atom. The van der Waals surface area contributed by atoms with Gasteiger partial charge in [-0.2, -0.15) is 0 Å². The van der Waals surface area contributed by atoms with Crippen molar-refractivity contribution in [1.82, 2.24) is 5.32 Å². The molecule has 0 aliphatic heterocycles. The van der Waals surface area contributed by atoms with E-state index in [0.29, 0.717) is 11.5 Å². The molecule has 2 atom stereocenters. The van der Waals surface area contributed by atoms with E-state index in [1.165, 1.54) is 25.7 Å². The molecular weight excluding hydrogens is 182 g/mol. The lowest BCUT2D eigenvalue weighted by Gasteiger charge is -2.34. The minimum Gasteiger partial charge on any atom is -0.313 e. The van der Waals surface area contributed by atoms with Gasteiger partial charge in [-0.25, -0.2) is 0 Å². The maximum atomic E-state index is 5.47. The summed E-state index contributed by atoms with van der Waals surface area (Å²) < 4.78 is 0. The maximum Gasteiger partial charge on any atom is 0.0243 e. The number of nitrogens with one attached hydrogen (secondary N) is 1. The molecule has 0 bridgehead atoms. The Hall–Kier alpha value is -0.480. The Bertz CT molecular complexity index is 224. The van der Waals surface area contributed by atoms with Crippen LogP contribution >= 0.6 is 0 Å². The second kappa shape index (κ2) is 5.56. The van der Waals surface area contributed by atoms with Gasteiger partial charge in [-0.15, -0.1) is 12.3 Å². The second-order valence-electron chi connectivity index (χ2n) is 5.46. The van der Waals surface area contributed by atoms with E-state index in [2.05, 4.69) is 32.0 Å². The summed E-state index contributed by atoms with van der Waals surface area (Å²) in [6.07, 6.45) is 11.6. The topological polar surface area (TPSA) is 12.0 Å². The predicted octanol–water partition coefficient (Wildman–Crippen LogP) is 3.20. The van der Waals surface area contributed by atoms with Gasteiger partial charge in [0, 0.05) is 12.5 Å². The minimum atomic E-state index is 0.474. The van der Waals surface area contributed by atoms with Crippen LogP contribution in [0.2, 0.25) is 0 Å². The van der Waals surface area contributed by atoms with E-state index in [0.717, 1.165) is 18.9 Å². The predicted molar refractivity (Wildman–Crippen MR) is 66.7 cm³/mol.